The molecule has 140 valence electrons. The number of rotatable bonds is 5. The van der Waals surface area contributed by atoms with Crippen LogP contribution in [0.15, 0.2) is 54.6 Å². The Morgan fingerprint density at radius 2 is 1.74 bits per heavy atom. The van der Waals surface area contributed by atoms with E-state index in [4.69, 9.17) is 12.2 Å². The van der Waals surface area contributed by atoms with E-state index >= 15 is 0 Å². The van der Waals surface area contributed by atoms with Gasteiger partial charge in [-0.25, -0.2) is 4.39 Å². The monoisotopic (exact) mass is 385 g/mol. The molecule has 0 aromatic heterocycles. The van der Waals surface area contributed by atoms with E-state index < -0.39 is 5.91 Å². The normalized spacial score (nSPS) is 10.7. The van der Waals surface area contributed by atoms with Crippen molar-refractivity contribution in [3.05, 3.63) is 71.6 Å². The van der Waals surface area contributed by atoms with Crippen LogP contribution in [0.3, 0.4) is 0 Å². The number of amides is 2. The van der Waals surface area contributed by atoms with Crippen LogP contribution in [-0.4, -0.2) is 23.0 Å². The molecule has 0 bridgehead atoms. The molecular weight excluding hydrogens is 365 g/mol. The second-order valence-corrected chi connectivity index (χ2v) is 6.41. The lowest BCUT2D eigenvalue weighted by Gasteiger charge is -2.14. The summed E-state index contributed by atoms with van der Waals surface area (Å²) in [4.78, 5) is 24.2. The van der Waals surface area contributed by atoms with Crippen molar-refractivity contribution in [2.45, 2.75) is 19.9 Å². The molecule has 2 rings (SSSR count). The Morgan fingerprint density at radius 1 is 1.07 bits per heavy atom. The van der Waals surface area contributed by atoms with Crippen molar-refractivity contribution in [2.75, 3.05) is 5.32 Å². The highest BCUT2D eigenvalue weighted by Crippen LogP contribution is 2.15. The minimum atomic E-state index is -0.444. The van der Waals surface area contributed by atoms with Crippen LogP contribution in [0.5, 0.6) is 0 Å². The average molecular weight is 385 g/mol. The van der Waals surface area contributed by atoms with Crippen LogP contribution in [0.25, 0.3) is 6.08 Å². The van der Waals surface area contributed by atoms with E-state index in [9.17, 15) is 14.0 Å². The Hall–Kier alpha value is -3.06. The summed E-state index contributed by atoms with van der Waals surface area (Å²) < 4.78 is 12.9. The van der Waals surface area contributed by atoms with E-state index in [1.54, 1.807) is 42.5 Å². The van der Waals surface area contributed by atoms with Gasteiger partial charge in [0.2, 0.25) is 5.91 Å². The standard InChI is InChI=1S/C20H20FN3O2S/c1-13(2)22-19(26)16-5-3-4-6-17(16)23-20(27)24-18(25)12-9-14-7-10-15(21)11-8-14/h3-13H,1-2H3,(H,22,26)(H2,23,24,25,27). The summed E-state index contributed by atoms with van der Waals surface area (Å²) in [7, 11) is 0. The van der Waals surface area contributed by atoms with Gasteiger partial charge in [-0.15, -0.1) is 0 Å². The molecule has 0 aliphatic heterocycles. The second-order valence-electron chi connectivity index (χ2n) is 6.00. The highest BCUT2D eigenvalue weighted by atomic mass is 32.1. The molecule has 3 N–H and O–H groups in total. The van der Waals surface area contributed by atoms with Gasteiger partial charge in [-0.2, -0.15) is 0 Å². The van der Waals surface area contributed by atoms with Gasteiger partial charge in [-0.1, -0.05) is 24.3 Å². The number of hydrogen-bond donors (Lipinski definition) is 3. The van der Waals surface area contributed by atoms with Crippen LogP contribution < -0.4 is 16.0 Å². The predicted octanol–water partition coefficient (Wildman–Crippen LogP) is 3.49. The van der Waals surface area contributed by atoms with Crippen molar-refractivity contribution in [2.24, 2.45) is 0 Å². The fourth-order valence-corrected chi connectivity index (χ4v) is 2.39. The number of anilines is 1. The summed E-state index contributed by atoms with van der Waals surface area (Å²) in [5, 5.41) is 8.23. The van der Waals surface area contributed by atoms with Gasteiger partial charge in [-0.05, 0) is 62.0 Å². The molecule has 0 unspecified atom stereocenters. The molecule has 0 atom stereocenters. The van der Waals surface area contributed by atoms with Crippen molar-refractivity contribution in [3.8, 4) is 0 Å². The van der Waals surface area contributed by atoms with Gasteiger partial charge in [0.05, 0.1) is 11.3 Å². The van der Waals surface area contributed by atoms with Crippen molar-refractivity contribution in [1.82, 2.24) is 10.6 Å². The Kier molecular flexibility index (Phi) is 7.19. The maximum absolute atomic E-state index is 12.9. The van der Waals surface area contributed by atoms with E-state index in [1.165, 1.54) is 18.2 Å². The largest absolute Gasteiger partial charge is 0.350 e. The van der Waals surface area contributed by atoms with Crippen LogP contribution in [0, 0.1) is 5.82 Å². The van der Waals surface area contributed by atoms with E-state index in [0.29, 0.717) is 16.8 Å². The van der Waals surface area contributed by atoms with Crippen LogP contribution in [0.2, 0.25) is 0 Å². The number of nitrogens with one attached hydrogen (secondary N) is 3. The fraction of sp³-hybridized carbons (Fsp3) is 0.150. The van der Waals surface area contributed by atoms with E-state index in [2.05, 4.69) is 16.0 Å². The maximum atomic E-state index is 12.9. The minimum absolute atomic E-state index is 0.00573. The van der Waals surface area contributed by atoms with E-state index in [-0.39, 0.29) is 22.9 Å². The zero-order valence-corrected chi connectivity index (χ0v) is 15.8. The molecule has 0 saturated heterocycles. The molecule has 0 fully saturated rings. The molecule has 0 spiro atoms. The van der Waals surface area contributed by atoms with Gasteiger partial charge in [0, 0.05) is 12.1 Å². The van der Waals surface area contributed by atoms with Crippen molar-refractivity contribution in [3.63, 3.8) is 0 Å². The summed E-state index contributed by atoms with van der Waals surface area (Å²) in [6, 6.07) is 12.6. The first kappa shape index (κ1) is 20.3. The topological polar surface area (TPSA) is 70.2 Å². The minimum Gasteiger partial charge on any atom is -0.350 e. The second kappa shape index (κ2) is 9.59. The van der Waals surface area contributed by atoms with Gasteiger partial charge in [0.1, 0.15) is 5.82 Å². The lowest BCUT2D eigenvalue weighted by atomic mass is 10.1. The first-order valence-electron chi connectivity index (χ1n) is 8.30. The Morgan fingerprint density at radius 3 is 2.41 bits per heavy atom. The lowest BCUT2D eigenvalue weighted by Crippen LogP contribution is -2.34. The average Bonchev–Trinajstić information content (AvgIpc) is 2.61. The van der Waals surface area contributed by atoms with Gasteiger partial charge >= 0.3 is 0 Å². The Bertz CT molecular complexity index is 864. The maximum Gasteiger partial charge on any atom is 0.253 e. The highest BCUT2D eigenvalue weighted by Gasteiger charge is 2.13. The summed E-state index contributed by atoms with van der Waals surface area (Å²) in [5.74, 6) is -1.03. The van der Waals surface area contributed by atoms with Crippen molar-refractivity contribution in [1.29, 1.82) is 0 Å². The molecule has 0 saturated carbocycles. The van der Waals surface area contributed by atoms with Crippen LogP contribution in [-0.2, 0) is 4.79 Å². The van der Waals surface area contributed by atoms with Crippen molar-refractivity contribution < 1.29 is 14.0 Å². The Balaban J connectivity index is 1.98. The van der Waals surface area contributed by atoms with E-state index in [0.717, 1.165) is 0 Å². The summed E-state index contributed by atoms with van der Waals surface area (Å²) in [5.41, 5.74) is 1.59. The molecule has 2 amide bonds. The SMILES string of the molecule is CC(C)NC(=O)c1ccccc1NC(=S)NC(=O)C=Cc1ccc(F)cc1. The first-order valence-corrected chi connectivity index (χ1v) is 8.71. The van der Waals surface area contributed by atoms with Gasteiger partial charge in [-0.3, -0.25) is 14.9 Å². The Labute approximate surface area is 162 Å². The number of benzene rings is 2. The molecule has 0 radical (unpaired) electrons. The highest BCUT2D eigenvalue weighted by molar-refractivity contribution is 7.80. The number of halogens is 1. The zero-order chi connectivity index (χ0) is 19.8. The summed E-state index contributed by atoms with van der Waals surface area (Å²) in [6.07, 6.45) is 2.83. The van der Waals surface area contributed by atoms with Crippen LogP contribution in [0.1, 0.15) is 29.8 Å². The molecule has 27 heavy (non-hydrogen) atoms. The molecule has 2 aromatic carbocycles. The third-order valence-corrected chi connectivity index (χ3v) is 3.58. The van der Waals surface area contributed by atoms with Crippen LogP contribution in [0.4, 0.5) is 10.1 Å². The molecule has 0 aliphatic carbocycles. The number of carbonyl (C=O) groups excluding carboxylic acids is 2. The zero-order valence-electron chi connectivity index (χ0n) is 15.0. The molecule has 0 heterocycles. The molecule has 0 aliphatic rings. The van der Waals surface area contributed by atoms with Gasteiger partial charge < -0.3 is 10.6 Å². The summed E-state index contributed by atoms with van der Waals surface area (Å²) in [6.45, 7) is 3.73. The lowest BCUT2D eigenvalue weighted by molar-refractivity contribution is -0.115. The quantitative estimate of drug-likeness (QED) is 0.544. The van der Waals surface area contributed by atoms with E-state index in [1.807, 2.05) is 13.8 Å². The number of hydrogen-bond acceptors (Lipinski definition) is 3. The smallest absolute Gasteiger partial charge is 0.253 e. The molecule has 5 nitrogen and oxygen atoms in total. The third-order valence-electron chi connectivity index (χ3n) is 3.37. The predicted molar refractivity (Wildman–Crippen MR) is 109 cm³/mol. The molecular formula is C20H20FN3O2S. The van der Waals surface area contributed by atoms with Gasteiger partial charge in [0.15, 0.2) is 5.11 Å². The van der Waals surface area contributed by atoms with Crippen LogP contribution >= 0.6 is 12.2 Å². The van der Waals surface area contributed by atoms with Crippen molar-refractivity contribution >= 4 is 40.9 Å². The first-order chi connectivity index (χ1) is 12.8. The van der Waals surface area contributed by atoms with Gasteiger partial charge in [0.25, 0.3) is 5.91 Å². The third kappa shape index (κ3) is 6.63. The number of thiocarbonyl (C=S) groups is 1. The summed E-state index contributed by atoms with van der Waals surface area (Å²) >= 11 is 5.14. The molecule has 7 heteroatoms. The number of carbonyl (C=O) groups is 2. The number of para-hydroxylation sites is 1. The fourth-order valence-electron chi connectivity index (χ4n) is 2.18. The molecule has 2 aromatic rings.